The molecular formula is C14H12FNO3. The third-order valence-corrected chi connectivity index (χ3v) is 2.88. The maximum Gasteiger partial charge on any atom is 0.337 e. The van der Waals surface area contributed by atoms with Gasteiger partial charge in [-0.3, -0.25) is 4.79 Å². The number of hydrogen-bond donors (Lipinski definition) is 1. The topological polar surface area (TPSA) is 59.3 Å². The third kappa shape index (κ3) is 2.88. The summed E-state index contributed by atoms with van der Waals surface area (Å²) in [4.78, 5) is 22.5. The predicted octanol–water partition coefficient (Wildman–Crippen LogP) is 2.04. The van der Waals surface area contributed by atoms with Gasteiger partial charge in [0.1, 0.15) is 5.82 Å². The molecule has 1 N–H and O–H groups in total. The summed E-state index contributed by atoms with van der Waals surface area (Å²) in [5.41, 5.74) is 1.18. The molecule has 5 heteroatoms. The van der Waals surface area contributed by atoms with Gasteiger partial charge in [-0.2, -0.15) is 0 Å². The summed E-state index contributed by atoms with van der Waals surface area (Å²) < 4.78 is 14.4. The van der Waals surface area contributed by atoms with Crippen LogP contribution >= 0.6 is 0 Å². The summed E-state index contributed by atoms with van der Waals surface area (Å²) in [6, 6.07) is 6.75. The van der Waals surface area contributed by atoms with E-state index in [9.17, 15) is 14.0 Å². The Morgan fingerprint density at radius 3 is 2.74 bits per heavy atom. The van der Waals surface area contributed by atoms with Crippen LogP contribution in [0, 0.1) is 12.7 Å². The Kier molecular flexibility index (Phi) is 3.46. The highest BCUT2D eigenvalue weighted by Crippen LogP contribution is 2.11. The van der Waals surface area contributed by atoms with Crippen molar-refractivity contribution in [2.45, 2.75) is 13.5 Å². The predicted molar refractivity (Wildman–Crippen MR) is 67.9 cm³/mol. The number of aryl methyl sites for hydroxylation is 1. The van der Waals surface area contributed by atoms with Gasteiger partial charge >= 0.3 is 5.97 Å². The number of carboxylic acid groups (broad SMARTS) is 1. The number of carbonyl (C=O) groups is 1. The molecule has 0 aliphatic carbocycles. The van der Waals surface area contributed by atoms with Gasteiger partial charge in [0.05, 0.1) is 12.1 Å². The van der Waals surface area contributed by atoms with Crippen LogP contribution in [0.15, 0.2) is 41.3 Å². The fourth-order valence-electron chi connectivity index (χ4n) is 1.78. The molecule has 0 aliphatic rings. The zero-order valence-corrected chi connectivity index (χ0v) is 10.3. The van der Waals surface area contributed by atoms with Crippen LogP contribution in [-0.4, -0.2) is 15.6 Å². The van der Waals surface area contributed by atoms with Crippen molar-refractivity contribution in [2.24, 2.45) is 0 Å². The Labute approximate surface area is 108 Å². The van der Waals surface area contributed by atoms with Crippen LogP contribution in [0.25, 0.3) is 0 Å². The normalized spacial score (nSPS) is 10.4. The number of benzene rings is 1. The first-order valence-electron chi connectivity index (χ1n) is 5.66. The van der Waals surface area contributed by atoms with Crippen molar-refractivity contribution in [3.05, 3.63) is 69.4 Å². The van der Waals surface area contributed by atoms with Gasteiger partial charge in [-0.1, -0.05) is 6.07 Å². The molecule has 1 aromatic carbocycles. The van der Waals surface area contributed by atoms with E-state index in [1.165, 1.54) is 35.0 Å². The van der Waals surface area contributed by atoms with Crippen molar-refractivity contribution in [1.82, 2.24) is 4.57 Å². The summed E-state index contributed by atoms with van der Waals surface area (Å²) in [6.07, 6.45) is 1.26. The molecule has 0 bridgehead atoms. The molecule has 0 aliphatic heterocycles. The van der Waals surface area contributed by atoms with Crippen molar-refractivity contribution < 1.29 is 14.3 Å². The lowest BCUT2D eigenvalue weighted by atomic mass is 10.1. The summed E-state index contributed by atoms with van der Waals surface area (Å²) in [5, 5.41) is 8.89. The molecule has 4 nitrogen and oxygen atoms in total. The average molecular weight is 261 g/mol. The minimum Gasteiger partial charge on any atom is -0.478 e. The van der Waals surface area contributed by atoms with E-state index in [1.807, 2.05) is 0 Å². The summed E-state index contributed by atoms with van der Waals surface area (Å²) in [7, 11) is 0. The zero-order chi connectivity index (χ0) is 14.0. The van der Waals surface area contributed by atoms with E-state index in [-0.39, 0.29) is 23.5 Å². The highest BCUT2D eigenvalue weighted by molar-refractivity contribution is 5.87. The van der Waals surface area contributed by atoms with E-state index in [2.05, 4.69) is 0 Å². The molecule has 2 rings (SSSR count). The maximum atomic E-state index is 13.2. The van der Waals surface area contributed by atoms with Gasteiger partial charge in [-0.05, 0) is 36.2 Å². The van der Waals surface area contributed by atoms with Crippen molar-refractivity contribution >= 4 is 5.97 Å². The van der Waals surface area contributed by atoms with Crippen LogP contribution in [-0.2, 0) is 6.54 Å². The highest BCUT2D eigenvalue weighted by atomic mass is 19.1. The lowest BCUT2D eigenvalue weighted by Gasteiger charge is -2.09. The average Bonchev–Trinajstić information content (AvgIpc) is 2.36. The Morgan fingerprint density at radius 1 is 1.32 bits per heavy atom. The second kappa shape index (κ2) is 5.06. The van der Waals surface area contributed by atoms with Crippen LogP contribution in [0.4, 0.5) is 4.39 Å². The van der Waals surface area contributed by atoms with Crippen LogP contribution < -0.4 is 5.56 Å². The van der Waals surface area contributed by atoms with E-state index in [4.69, 9.17) is 5.11 Å². The third-order valence-electron chi connectivity index (χ3n) is 2.88. The van der Waals surface area contributed by atoms with Crippen molar-refractivity contribution in [3.63, 3.8) is 0 Å². The highest BCUT2D eigenvalue weighted by Gasteiger charge is 2.07. The van der Waals surface area contributed by atoms with Gasteiger partial charge in [0.25, 0.3) is 5.56 Å². The number of aromatic carboxylic acids is 1. The summed E-state index contributed by atoms with van der Waals surface area (Å²) in [5.74, 6) is -1.49. The van der Waals surface area contributed by atoms with E-state index in [0.29, 0.717) is 5.56 Å². The van der Waals surface area contributed by atoms with Crippen molar-refractivity contribution in [1.29, 1.82) is 0 Å². The zero-order valence-electron chi connectivity index (χ0n) is 10.3. The van der Waals surface area contributed by atoms with Gasteiger partial charge in [-0.25, -0.2) is 9.18 Å². The monoisotopic (exact) mass is 261 g/mol. The molecule has 0 unspecified atom stereocenters. The molecule has 0 saturated heterocycles. The SMILES string of the molecule is Cc1ccc(F)cc1Cn1cc(C(=O)O)ccc1=O. The molecule has 2 aromatic rings. The van der Waals surface area contributed by atoms with Gasteiger partial charge < -0.3 is 9.67 Å². The lowest BCUT2D eigenvalue weighted by molar-refractivity contribution is 0.0696. The van der Waals surface area contributed by atoms with Crippen molar-refractivity contribution in [2.75, 3.05) is 0 Å². The van der Waals surface area contributed by atoms with Gasteiger partial charge in [0.2, 0.25) is 0 Å². The van der Waals surface area contributed by atoms with Gasteiger partial charge in [-0.15, -0.1) is 0 Å². The molecule has 0 spiro atoms. The van der Waals surface area contributed by atoms with Crippen LogP contribution in [0.2, 0.25) is 0 Å². The molecule has 0 amide bonds. The smallest absolute Gasteiger partial charge is 0.337 e. The second-order valence-electron chi connectivity index (χ2n) is 4.26. The molecule has 0 saturated carbocycles. The number of carboxylic acids is 1. The maximum absolute atomic E-state index is 13.2. The van der Waals surface area contributed by atoms with Crippen LogP contribution in [0.5, 0.6) is 0 Å². The summed E-state index contributed by atoms with van der Waals surface area (Å²) >= 11 is 0. The fourth-order valence-corrected chi connectivity index (χ4v) is 1.78. The lowest BCUT2D eigenvalue weighted by Crippen LogP contribution is -2.21. The largest absolute Gasteiger partial charge is 0.478 e. The number of nitrogens with zero attached hydrogens (tertiary/aromatic N) is 1. The first-order chi connectivity index (χ1) is 8.97. The first kappa shape index (κ1) is 13.0. The summed E-state index contributed by atoms with van der Waals surface area (Å²) in [6.45, 7) is 1.95. The number of hydrogen-bond acceptors (Lipinski definition) is 2. The van der Waals surface area contributed by atoms with Gasteiger partial charge in [0.15, 0.2) is 0 Å². The molecular weight excluding hydrogens is 249 g/mol. The molecule has 0 fully saturated rings. The number of aromatic nitrogens is 1. The van der Waals surface area contributed by atoms with E-state index >= 15 is 0 Å². The van der Waals surface area contributed by atoms with E-state index in [1.54, 1.807) is 13.0 Å². The quantitative estimate of drug-likeness (QED) is 0.919. The Hall–Kier alpha value is -2.43. The van der Waals surface area contributed by atoms with Gasteiger partial charge in [0, 0.05) is 12.3 Å². The molecule has 98 valence electrons. The Balaban J connectivity index is 2.43. The Bertz CT molecular complexity index is 691. The molecule has 1 aromatic heterocycles. The number of rotatable bonds is 3. The first-order valence-corrected chi connectivity index (χ1v) is 5.66. The van der Waals surface area contributed by atoms with Crippen molar-refractivity contribution in [3.8, 4) is 0 Å². The van der Waals surface area contributed by atoms with E-state index in [0.717, 1.165) is 5.56 Å². The molecule has 1 heterocycles. The second-order valence-corrected chi connectivity index (χ2v) is 4.26. The number of halogens is 1. The van der Waals surface area contributed by atoms with Crippen LogP contribution in [0.3, 0.4) is 0 Å². The van der Waals surface area contributed by atoms with Crippen LogP contribution in [0.1, 0.15) is 21.5 Å². The molecule has 0 radical (unpaired) electrons. The minimum atomic E-state index is -1.11. The fraction of sp³-hybridized carbons (Fsp3) is 0.143. The minimum absolute atomic E-state index is 0.0219. The number of pyridine rings is 1. The van der Waals surface area contributed by atoms with E-state index < -0.39 is 5.97 Å². The Morgan fingerprint density at radius 2 is 2.05 bits per heavy atom. The standard InChI is InChI=1S/C14H12FNO3/c1-9-2-4-12(15)6-11(9)8-16-7-10(14(18)19)3-5-13(16)17/h2-7H,8H2,1H3,(H,18,19). The molecule has 0 atom stereocenters. The molecule has 19 heavy (non-hydrogen) atoms.